The number of thioether (sulfide) groups is 1. The Morgan fingerprint density at radius 3 is 2.80 bits per heavy atom. The smallest absolute Gasteiger partial charge is 0.313 e. The van der Waals surface area contributed by atoms with Gasteiger partial charge in [0.1, 0.15) is 10.6 Å². The number of nitrogens with zero attached hydrogens (tertiary/aromatic N) is 1. The molecule has 3 aromatic rings. The standard InChI is InChI=1S/C17H16N2O4S2/c1-8-6-10(4-5-11(8)23-3)13-9(2)25-16-14(13)15(22)18-17(19-16)24-7-12(20)21/h4-6H,7H2,1-3H3,(H,20,21)(H,18,19,22). The summed E-state index contributed by atoms with van der Waals surface area (Å²) in [5.74, 6) is -0.312. The number of rotatable bonds is 5. The summed E-state index contributed by atoms with van der Waals surface area (Å²) >= 11 is 2.43. The highest BCUT2D eigenvalue weighted by Gasteiger charge is 2.17. The molecule has 0 saturated heterocycles. The van der Waals surface area contributed by atoms with Gasteiger partial charge in [0.05, 0.1) is 18.2 Å². The van der Waals surface area contributed by atoms with Gasteiger partial charge in [-0.1, -0.05) is 17.8 Å². The van der Waals surface area contributed by atoms with E-state index < -0.39 is 5.97 Å². The van der Waals surface area contributed by atoms with E-state index in [9.17, 15) is 9.59 Å². The predicted octanol–water partition coefficient (Wildman–Crippen LogP) is 3.45. The zero-order valence-electron chi connectivity index (χ0n) is 13.9. The fourth-order valence-electron chi connectivity index (χ4n) is 2.68. The Morgan fingerprint density at radius 2 is 2.16 bits per heavy atom. The highest BCUT2D eigenvalue weighted by Crippen LogP contribution is 2.37. The molecule has 0 aliphatic carbocycles. The summed E-state index contributed by atoms with van der Waals surface area (Å²) in [6, 6.07) is 5.79. The Kier molecular flexibility index (Phi) is 4.82. The molecular weight excluding hydrogens is 360 g/mol. The second kappa shape index (κ2) is 6.89. The molecule has 6 nitrogen and oxygen atoms in total. The maximum atomic E-state index is 12.6. The fourth-order valence-corrected chi connectivity index (χ4v) is 4.36. The Bertz CT molecular complexity index is 1020. The topological polar surface area (TPSA) is 92.3 Å². The second-order valence-corrected chi connectivity index (χ2v) is 7.62. The van der Waals surface area contributed by atoms with Crippen LogP contribution in [-0.2, 0) is 4.79 Å². The lowest BCUT2D eigenvalue weighted by atomic mass is 10.0. The molecule has 0 saturated carbocycles. The highest BCUT2D eigenvalue weighted by atomic mass is 32.2. The van der Waals surface area contributed by atoms with Gasteiger partial charge in [-0.05, 0) is 37.1 Å². The van der Waals surface area contributed by atoms with E-state index >= 15 is 0 Å². The number of aromatic nitrogens is 2. The molecule has 0 bridgehead atoms. The number of aryl methyl sites for hydroxylation is 2. The quantitative estimate of drug-likeness (QED) is 0.523. The number of hydrogen-bond donors (Lipinski definition) is 2. The van der Waals surface area contributed by atoms with Gasteiger partial charge in [-0.25, -0.2) is 4.98 Å². The number of aromatic amines is 1. The van der Waals surface area contributed by atoms with E-state index in [1.165, 1.54) is 11.3 Å². The van der Waals surface area contributed by atoms with Gasteiger partial charge in [0.25, 0.3) is 5.56 Å². The number of carbonyl (C=O) groups is 1. The maximum absolute atomic E-state index is 12.6. The number of fused-ring (bicyclic) bond motifs is 1. The first-order valence-electron chi connectivity index (χ1n) is 7.43. The molecule has 0 aliphatic rings. The number of ether oxygens (including phenoxy) is 1. The van der Waals surface area contributed by atoms with Crippen molar-refractivity contribution in [1.29, 1.82) is 0 Å². The first-order valence-corrected chi connectivity index (χ1v) is 9.24. The van der Waals surface area contributed by atoms with E-state index in [-0.39, 0.29) is 11.3 Å². The Balaban J connectivity index is 2.13. The van der Waals surface area contributed by atoms with Crippen molar-refractivity contribution in [2.24, 2.45) is 0 Å². The van der Waals surface area contributed by atoms with Crippen LogP contribution in [0.2, 0.25) is 0 Å². The zero-order valence-corrected chi connectivity index (χ0v) is 15.5. The molecule has 130 valence electrons. The highest BCUT2D eigenvalue weighted by molar-refractivity contribution is 7.99. The molecule has 3 rings (SSSR count). The van der Waals surface area contributed by atoms with E-state index in [2.05, 4.69) is 9.97 Å². The summed E-state index contributed by atoms with van der Waals surface area (Å²) in [5.41, 5.74) is 2.51. The number of aliphatic carboxylic acids is 1. The van der Waals surface area contributed by atoms with E-state index in [1.54, 1.807) is 7.11 Å². The van der Waals surface area contributed by atoms with Crippen LogP contribution in [0.4, 0.5) is 0 Å². The summed E-state index contributed by atoms with van der Waals surface area (Å²) in [4.78, 5) is 32.0. The normalized spacial score (nSPS) is 11.0. The van der Waals surface area contributed by atoms with E-state index in [0.29, 0.717) is 15.4 Å². The number of carboxylic acid groups (broad SMARTS) is 1. The molecule has 8 heteroatoms. The SMILES string of the molecule is COc1ccc(-c2c(C)sc3nc(SCC(=O)O)[nH]c(=O)c23)cc1C. The number of hydrogen-bond acceptors (Lipinski definition) is 6. The second-order valence-electron chi connectivity index (χ2n) is 5.45. The molecule has 0 spiro atoms. The van der Waals surface area contributed by atoms with Crippen LogP contribution in [0.25, 0.3) is 21.3 Å². The van der Waals surface area contributed by atoms with Gasteiger partial charge in [0.15, 0.2) is 5.16 Å². The van der Waals surface area contributed by atoms with Crippen LogP contribution in [0.1, 0.15) is 10.4 Å². The van der Waals surface area contributed by atoms with Gasteiger partial charge >= 0.3 is 5.97 Å². The van der Waals surface area contributed by atoms with Gasteiger partial charge in [-0.3, -0.25) is 9.59 Å². The number of methoxy groups -OCH3 is 1. The van der Waals surface area contributed by atoms with Crippen LogP contribution < -0.4 is 10.3 Å². The molecule has 0 radical (unpaired) electrons. The molecule has 2 N–H and O–H groups in total. The minimum absolute atomic E-state index is 0.149. The average Bonchev–Trinajstić information content (AvgIpc) is 2.89. The third kappa shape index (κ3) is 3.40. The number of benzene rings is 1. The predicted molar refractivity (Wildman–Crippen MR) is 100 cm³/mol. The van der Waals surface area contributed by atoms with E-state index in [0.717, 1.165) is 39.1 Å². The van der Waals surface area contributed by atoms with Gasteiger partial charge < -0.3 is 14.8 Å². The lowest BCUT2D eigenvalue weighted by Gasteiger charge is -2.08. The molecule has 0 amide bonds. The van der Waals surface area contributed by atoms with Crippen molar-refractivity contribution in [2.45, 2.75) is 19.0 Å². The monoisotopic (exact) mass is 376 g/mol. The molecule has 2 heterocycles. The third-order valence-corrected chi connectivity index (χ3v) is 5.59. The van der Waals surface area contributed by atoms with Crippen LogP contribution >= 0.6 is 23.1 Å². The van der Waals surface area contributed by atoms with Crippen LogP contribution in [0, 0.1) is 13.8 Å². The molecular formula is C17H16N2O4S2. The Labute approximate surface area is 151 Å². The van der Waals surface area contributed by atoms with Gasteiger partial charge in [0.2, 0.25) is 0 Å². The number of carboxylic acids is 1. The number of H-pyrrole nitrogens is 1. The summed E-state index contributed by atoms with van der Waals surface area (Å²) in [5, 5.41) is 9.63. The van der Waals surface area contributed by atoms with Crippen LogP contribution in [0.15, 0.2) is 28.2 Å². The van der Waals surface area contributed by atoms with Crippen molar-refractivity contribution in [3.05, 3.63) is 39.0 Å². The third-order valence-electron chi connectivity index (χ3n) is 3.73. The lowest BCUT2D eigenvalue weighted by molar-refractivity contribution is -0.133. The van der Waals surface area contributed by atoms with Crippen LogP contribution in [-0.4, -0.2) is 33.9 Å². The summed E-state index contributed by atoms with van der Waals surface area (Å²) in [7, 11) is 1.62. The Hall–Kier alpha value is -2.32. The minimum Gasteiger partial charge on any atom is -0.496 e. The molecule has 2 aromatic heterocycles. The molecule has 0 aliphatic heterocycles. The number of nitrogens with one attached hydrogen (secondary N) is 1. The molecule has 0 fully saturated rings. The van der Waals surface area contributed by atoms with Crippen molar-refractivity contribution in [3.63, 3.8) is 0 Å². The van der Waals surface area contributed by atoms with Crippen LogP contribution in [0.3, 0.4) is 0 Å². The zero-order chi connectivity index (χ0) is 18.1. The minimum atomic E-state index is -0.954. The fraction of sp³-hybridized carbons (Fsp3) is 0.235. The first-order chi connectivity index (χ1) is 11.9. The molecule has 0 unspecified atom stereocenters. The number of thiophene rings is 1. The Morgan fingerprint density at radius 1 is 1.40 bits per heavy atom. The molecule has 1 aromatic carbocycles. The van der Waals surface area contributed by atoms with Gasteiger partial charge in [-0.2, -0.15) is 0 Å². The molecule has 25 heavy (non-hydrogen) atoms. The van der Waals surface area contributed by atoms with Gasteiger partial charge in [0, 0.05) is 10.4 Å². The van der Waals surface area contributed by atoms with Crippen molar-refractivity contribution in [2.75, 3.05) is 12.9 Å². The van der Waals surface area contributed by atoms with E-state index in [4.69, 9.17) is 9.84 Å². The van der Waals surface area contributed by atoms with Gasteiger partial charge in [-0.15, -0.1) is 11.3 Å². The maximum Gasteiger partial charge on any atom is 0.313 e. The van der Waals surface area contributed by atoms with E-state index in [1.807, 2.05) is 32.0 Å². The summed E-state index contributed by atoms with van der Waals surface area (Å²) < 4.78 is 5.29. The largest absolute Gasteiger partial charge is 0.496 e. The van der Waals surface area contributed by atoms with Crippen molar-refractivity contribution in [1.82, 2.24) is 9.97 Å². The van der Waals surface area contributed by atoms with Crippen LogP contribution in [0.5, 0.6) is 5.75 Å². The summed E-state index contributed by atoms with van der Waals surface area (Å²) in [6.45, 7) is 3.90. The lowest BCUT2D eigenvalue weighted by Crippen LogP contribution is -2.10. The average molecular weight is 376 g/mol. The van der Waals surface area contributed by atoms with Crippen molar-refractivity contribution >= 4 is 39.3 Å². The molecule has 0 atom stereocenters. The van der Waals surface area contributed by atoms with Crippen molar-refractivity contribution in [3.8, 4) is 16.9 Å². The van der Waals surface area contributed by atoms with Crippen molar-refractivity contribution < 1.29 is 14.6 Å². The summed E-state index contributed by atoms with van der Waals surface area (Å²) in [6.07, 6.45) is 0. The first kappa shape index (κ1) is 17.5.